The summed E-state index contributed by atoms with van der Waals surface area (Å²) in [6.45, 7) is 5.43. The summed E-state index contributed by atoms with van der Waals surface area (Å²) in [5.74, 6) is -2.13. The van der Waals surface area contributed by atoms with Crippen LogP contribution in [-0.4, -0.2) is 42.8 Å². The second-order valence-corrected chi connectivity index (χ2v) is 6.89. The second kappa shape index (κ2) is 9.45. The van der Waals surface area contributed by atoms with E-state index in [-0.39, 0.29) is 11.5 Å². The number of hydrogen-bond acceptors (Lipinski definition) is 5. The predicted molar refractivity (Wildman–Crippen MR) is 95.2 cm³/mol. The Hall–Kier alpha value is -2.48. The number of nitrogens with one attached hydrogen (secondary N) is 2. The number of benzene rings is 1. The molecule has 0 spiro atoms. The Bertz CT molecular complexity index is 694. The van der Waals surface area contributed by atoms with Crippen molar-refractivity contribution in [3.8, 4) is 0 Å². The second-order valence-electron chi connectivity index (χ2n) is 6.89. The minimum atomic E-state index is -0.853. The van der Waals surface area contributed by atoms with Gasteiger partial charge in [-0.05, 0) is 30.9 Å². The maximum atomic E-state index is 13.8. The average Bonchev–Trinajstić information content (AvgIpc) is 3.00. The molecule has 27 heavy (non-hydrogen) atoms. The highest BCUT2D eigenvalue weighted by molar-refractivity contribution is 5.97. The molecule has 0 unspecified atom stereocenters. The van der Waals surface area contributed by atoms with Crippen molar-refractivity contribution in [2.24, 2.45) is 5.92 Å². The van der Waals surface area contributed by atoms with Crippen molar-refractivity contribution in [2.75, 3.05) is 6.61 Å². The molecule has 1 fully saturated rings. The quantitative estimate of drug-likeness (QED) is 0.703. The lowest BCUT2D eigenvalue weighted by atomic mass is 10.0. The van der Waals surface area contributed by atoms with E-state index in [2.05, 4.69) is 10.6 Å². The Balaban J connectivity index is 2.06. The van der Waals surface area contributed by atoms with Gasteiger partial charge in [-0.1, -0.05) is 26.0 Å². The lowest BCUT2D eigenvalue weighted by Gasteiger charge is -2.24. The van der Waals surface area contributed by atoms with Crippen LogP contribution in [-0.2, 0) is 19.1 Å². The predicted octanol–water partition coefficient (Wildman–Crippen LogP) is 1.76. The first-order valence-electron chi connectivity index (χ1n) is 8.92. The smallest absolute Gasteiger partial charge is 0.305 e. The largest absolute Gasteiger partial charge is 0.434 e. The van der Waals surface area contributed by atoms with E-state index in [0.29, 0.717) is 19.4 Å². The molecule has 0 radical (unpaired) electrons. The summed E-state index contributed by atoms with van der Waals surface area (Å²) in [6, 6.07) is 4.23. The molecule has 0 aromatic heterocycles. The normalized spacial score (nSPS) is 20.2. The fourth-order valence-electron chi connectivity index (χ4n) is 2.85. The van der Waals surface area contributed by atoms with Gasteiger partial charge < -0.3 is 20.1 Å². The van der Waals surface area contributed by atoms with E-state index in [9.17, 15) is 18.8 Å². The van der Waals surface area contributed by atoms with E-state index in [0.717, 1.165) is 0 Å². The van der Waals surface area contributed by atoms with Crippen molar-refractivity contribution in [3.63, 3.8) is 0 Å². The van der Waals surface area contributed by atoms with Gasteiger partial charge in [0.05, 0.1) is 18.2 Å². The summed E-state index contributed by atoms with van der Waals surface area (Å²) >= 11 is 0. The molecule has 1 saturated heterocycles. The lowest BCUT2D eigenvalue weighted by Crippen LogP contribution is -2.52. The molecule has 148 valence electrons. The Morgan fingerprint density at radius 3 is 2.63 bits per heavy atom. The van der Waals surface area contributed by atoms with Crippen molar-refractivity contribution >= 4 is 17.8 Å². The molecule has 1 aliphatic heterocycles. The molecule has 2 N–H and O–H groups in total. The number of esters is 1. The summed E-state index contributed by atoms with van der Waals surface area (Å²) in [4.78, 5) is 36.2. The molecule has 1 heterocycles. The van der Waals surface area contributed by atoms with Crippen LogP contribution in [0, 0.1) is 11.7 Å². The van der Waals surface area contributed by atoms with Crippen LogP contribution >= 0.6 is 0 Å². The van der Waals surface area contributed by atoms with Crippen molar-refractivity contribution in [1.82, 2.24) is 10.6 Å². The highest BCUT2D eigenvalue weighted by atomic mass is 19.1. The number of carbonyl (C=O) groups is 3. The summed E-state index contributed by atoms with van der Waals surface area (Å²) < 4.78 is 24.2. The number of carbonyl (C=O) groups excluding carboxylic acids is 3. The number of amides is 2. The molecule has 2 rings (SSSR count). The minimum absolute atomic E-state index is 0.116. The zero-order chi connectivity index (χ0) is 20.0. The summed E-state index contributed by atoms with van der Waals surface area (Å²) in [6.07, 6.45) is 0.00500. The van der Waals surface area contributed by atoms with E-state index in [1.54, 1.807) is 6.07 Å². The summed E-state index contributed by atoms with van der Waals surface area (Å²) in [7, 11) is 0. The molecule has 8 heteroatoms. The summed E-state index contributed by atoms with van der Waals surface area (Å²) in [5.41, 5.74) is -0.124. The van der Waals surface area contributed by atoms with Gasteiger partial charge in [-0.2, -0.15) is 0 Å². The Labute approximate surface area is 157 Å². The van der Waals surface area contributed by atoms with Crippen LogP contribution in [0.4, 0.5) is 4.39 Å². The SMILES string of the molecule is CC(=O)O[C@@H]1OCC[C@@H]1NC(=O)[C@H](CC(C)C)NC(=O)c1ccccc1F. The summed E-state index contributed by atoms with van der Waals surface area (Å²) in [5, 5.41) is 5.36. The zero-order valence-electron chi connectivity index (χ0n) is 15.7. The van der Waals surface area contributed by atoms with Crippen LogP contribution in [0.5, 0.6) is 0 Å². The molecule has 1 aliphatic rings. The average molecular weight is 380 g/mol. The fourth-order valence-corrected chi connectivity index (χ4v) is 2.85. The molecule has 0 bridgehead atoms. The first-order valence-corrected chi connectivity index (χ1v) is 8.92. The van der Waals surface area contributed by atoms with Gasteiger partial charge in [0, 0.05) is 6.92 Å². The minimum Gasteiger partial charge on any atom is -0.434 e. The fraction of sp³-hybridized carbons (Fsp3) is 0.526. The van der Waals surface area contributed by atoms with Crippen LogP contribution in [0.25, 0.3) is 0 Å². The molecule has 1 aromatic rings. The van der Waals surface area contributed by atoms with Crippen LogP contribution in [0.2, 0.25) is 0 Å². The van der Waals surface area contributed by atoms with E-state index in [1.165, 1.54) is 25.1 Å². The van der Waals surface area contributed by atoms with Gasteiger partial charge in [0.25, 0.3) is 5.91 Å². The number of halogens is 1. The van der Waals surface area contributed by atoms with Gasteiger partial charge in [0.2, 0.25) is 12.2 Å². The van der Waals surface area contributed by atoms with E-state index >= 15 is 0 Å². The van der Waals surface area contributed by atoms with Gasteiger partial charge in [-0.15, -0.1) is 0 Å². The van der Waals surface area contributed by atoms with Crippen molar-refractivity contribution in [1.29, 1.82) is 0 Å². The topological polar surface area (TPSA) is 93.7 Å². The van der Waals surface area contributed by atoms with E-state index in [4.69, 9.17) is 9.47 Å². The van der Waals surface area contributed by atoms with Gasteiger partial charge >= 0.3 is 5.97 Å². The monoisotopic (exact) mass is 380 g/mol. The van der Waals surface area contributed by atoms with Crippen LogP contribution < -0.4 is 10.6 Å². The molecule has 1 aromatic carbocycles. The van der Waals surface area contributed by atoms with Crippen molar-refractivity contribution < 1.29 is 28.2 Å². The Kier molecular flexibility index (Phi) is 7.29. The van der Waals surface area contributed by atoms with Crippen molar-refractivity contribution in [3.05, 3.63) is 35.6 Å². The lowest BCUT2D eigenvalue weighted by molar-refractivity contribution is -0.170. The first-order chi connectivity index (χ1) is 12.8. The molecular formula is C19H25FN2O5. The van der Waals surface area contributed by atoms with E-state index in [1.807, 2.05) is 13.8 Å². The molecule has 3 atom stereocenters. The third kappa shape index (κ3) is 6.02. The van der Waals surface area contributed by atoms with Gasteiger partial charge in [-0.3, -0.25) is 14.4 Å². The first kappa shape index (κ1) is 20.8. The highest BCUT2D eigenvalue weighted by Gasteiger charge is 2.34. The Morgan fingerprint density at radius 2 is 2.00 bits per heavy atom. The molecule has 0 aliphatic carbocycles. The van der Waals surface area contributed by atoms with Crippen LogP contribution in [0.1, 0.15) is 44.0 Å². The number of ether oxygens (including phenoxy) is 2. The maximum absolute atomic E-state index is 13.8. The number of rotatable bonds is 7. The van der Waals surface area contributed by atoms with Crippen LogP contribution in [0.3, 0.4) is 0 Å². The molecule has 7 nitrogen and oxygen atoms in total. The highest BCUT2D eigenvalue weighted by Crippen LogP contribution is 2.16. The molecule has 0 saturated carbocycles. The van der Waals surface area contributed by atoms with Gasteiger partial charge in [0.1, 0.15) is 11.9 Å². The standard InChI is InChI=1S/C19H25FN2O5/c1-11(2)10-16(22-17(24)13-6-4-5-7-14(13)20)18(25)21-15-8-9-26-19(15)27-12(3)23/h4-7,11,15-16,19H,8-10H2,1-3H3,(H,21,25)(H,22,24)/t15-,16-,19-/m0/s1. The molecule has 2 amide bonds. The van der Waals surface area contributed by atoms with Crippen LogP contribution in [0.15, 0.2) is 24.3 Å². The maximum Gasteiger partial charge on any atom is 0.305 e. The zero-order valence-corrected chi connectivity index (χ0v) is 15.7. The van der Waals surface area contributed by atoms with Crippen molar-refractivity contribution in [2.45, 2.75) is 52.0 Å². The van der Waals surface area contributed by atoms with Gasteiger partial charge in [-0.25, -0.2) is 4.39 Å². The third-order valence-electron chi connectivity index (χ3n) is 4.10. The third-order valence-corrected chi connectivity index (χ3v) is 4.10. The van der Waals surface area contributed by atoms with E-state index < -0.39 is 42.0 Å². The number of hydrogen-bond donors (Lipinski definition) is 2. The molecular weight excluding hydrogens is 355 g/mol. The Morgan fingerprint density at radius 1 is 1.30 bits per heavy atom. The van der Waals surface area contributed by atoms with Gasteiger partial charge in [0.15, 0.2) is 0 Å².